The molecule has 3 rings (SSSR count). The van der Waals surface area contributed by atoms with Crippen molar-refractivity contribution in [2.45, 2.75) is 39.0 Å². The number of carbonyl (C=O) groups excluding carboxylic acids is 3. The number of hydrogen-bond donors (Lipinski definition) is 4. The monoisotopic (exact) mass is 546 g/mol. The van der Waals surface area contributed by atoms with Crippen molar-refractivity contribution in [1.82, 2.24) is 16.2 Å². The minimum atomic E-state index is -0.439. The highest BCUT2D eigenvalue weighted by Crippen LogP contribution is 2.26. The number of hydrogen-bond acceptors (Lipinski definition) is 5. The Kier molecular flexibility index (Phi) is 9.41. The predicted molar refractivity (Wildman–Crippen MR) is 138 cm³/mol. The van der Waals surface area contributed by atoms with Gasteiger partial charge in [0.2, 0.25) is 5.91 Å². The Morgan fingerprint density at radius 2 is 1.65 bits per heavy atom. The van der Waals surface area contributed by atoms with Crippen LogP contribution in [0.1, 0.15) is 59.7 Å². The van der Waals surface area contributed by atoms with Gasteiger partial charge in [0.05, 0.1) is 11.1 Å². The van der Waals surface area contributed by atoms with Crippen molar-refractivity contribution < 1.29 is 19.1 Å². The number of rotatable bonds is 6. The van der Waals surface area contributed by atoms with Gasteiger partial charge in [-0.25, -0.2) is 0 Å². The number of thiocarbonyl (C=S) groups is 1. The van der Waals surface area contributed by atoms with Gasteiger partial charge in [0.25, 0.3) is 11.8 Å². The second-order valence-electron chi connectivity index (χ2n) is 7.84. The fraction of sp³-hybridized carbons (Fsp3) is 0.333. The second-order valence-corrected chi connectivity index (χ2v) is 9.10. The first-order valence-corrected chi connectivity index (χ1v) is 12.3. The van der Waals surface area contributed by atoms with Gasteiger partial charge < -0.3 is 10.1 Å². The largest absolute Gasteiger partial charge is 0.493 e. The van der Waals surface area contributed by atoms with Crippen molar-refractivity contribution in [1.29, 1.82) is 0 Å². The SMILES string of the molecule is CCOc1ccc(C(=O)NC(=S)NNC(=O)c2ccc(NC(=O)C3CCCCC3)cc2)cc1Br. The van der Waals surface area contributed by atoms with Gasteiger partial charge in [-0.3, -0.25) is 30.6 Å². The lowest BCUT2D eigenvalue weighted by Gasteiger charge is -2.20. The average Bonchev–Trinajstić information content (AvgIpc) is 2.84. The predicted octanol–water partition coefficient (Wildman–Crippen LogP) is 4.32. The van der Waals surface area contributed by atoms with E-state index < -0.39 is 11.8 Å². The molecular formula is C24H27BrN4O4S. The van der Waals surface area contributed by atoms with Gasteiger partial charge in [-0.05, 0) is 90.4 Å². The topological polar surface area (TPSA) is 109 Å². The minimum Gasteiger partial charge on any atom is -0.493 e. The number of halogens is 1. The quantitative estimate of drug-likeness (QED) is 0.317. The van der Waals surface area contributed by atoms with E-state index in [1.807, 2.05) is 6.92 Å². The van der Waals surface area contributed by atoms with Gasteiger partial charge in [0.1, 0.15) is 5.75 Å². The standard InChI is InChI=1S/C24H27BrN4O4S/c1-2-33-20-13-10-17(14-19(20)25)22(31)27-24(34)29-28-23(32)16-8-11-18(12-9-16)26-21(30)15-6-4-3-5-7-15/h8-15H,2-7H2,1H3,(H,26,30)(H,28,32)(H2,27,29,31,34). The lowest BCUT2D eigenvalue weighted by molar-refractivity contribution is -0.120. The highest BCUT2D eigenvalue weighted by Gasteiger charge is 2.21. The fourth-order valence-electron chi connectivity index (χ4n) is 3.62. The molecule has 1 aliphatic carbocycles. The van der Waals surface area contributed by atoms with Gasteiger partial charge in [-0.1, -0.05) is 19.3 Å². The zero-order valence-electron chi connectivity index (χ0n) is 18.8. The van der Waals surface area contributed by atoms with Crippen LogP contribution in [0.3, 0.4) is 0 Å². The van der Waals surface area contributed by atoms with E-state index in [2.05, 4.69) is 37.4 Å². The molecule has 0 aliphatic heterocycles. The summed E-state index contributed by atoms with van der Waals surface area (Å²) >= 11 is 8.45. The molecule has 2 aromatic rings. The Morgan fingerprint density at radius 3 is 2.29 bits per heavy atom. The van der Waals surface area contributed by atoms with Crippen molar-refractivity contribution in [2.75, 3.05) is 11.9 Å². The van der Waals surface area contributed by atoms with Crippen molar-refractivity contribution in [3.8, 4) is 5.75 Å². The summed E-state index contributed by atoms with van der Waals surface area (Å²) in [5.74, 6) is -0.161. The molecule has 0 bridgehead atoms. The molecule has 1 aliphatic rings. The third-order valence-electron chi connectivity index (χ3n) is 5.40. The molecule has 1 fully saturated rings. The second kappa shape index (κ2) is 12.5. The molecule has 1 saturated carbocycles. The molecule has 2 aromatic carbocycles. The summed E-state index contributed by atoms with van der Waals surface area (Å²) in [6.45, 7) is 2.38. The summed E-state index contributed by atoms with van der Waals surface area (Å²) in [5, 5.41) is 5.36. The molecule has 0 heterocycles. The summed E-state index contributed by atoms with van der Waals surface area (Å²) in [6.07, 6.45) is 5.21. The van der Waals surface area contributed by atoms with Gasteiger partial charge >= 0.3 is 0 Å². The highest BCUT2D eigenvalue weighted by atomic mass is 79.9. The molecular weight excluding hydrogens is 520 g/mol. The molecule has 180 valence electrons. The minimum absolute atomic E-state index is 0.0271. The van der Waals surface area contributed by atoms with Crippen LogP contribution >= 0.6 is 28.1 Å². The van der Waals surface area contributed by atoms with Crippen LogP contribution in [0.15, 0.2) is 46.9 Å². The molecule has 10 heteroatoms. The number of benzene rings is 2. The lowest BCUT2D eigenvalue weighted by atomic mass is 9.88. The van der Waals surface area contributed by atoms with Crippen LogP contribution < -0.4 is 26.2 Å². The summed E-state index contributed by atoms with van der Waals surface area (Å²) in [7, 11) is 0. The Hall–Kier alpha value is -2.98. The summed E-state index contributed by atoms with van der Waals surface area (Å²) < 4.78 is 6.07. The van der Waals surface area contributed by atoms with Crippen LogP contribution in [-0.2, 0) is 4.79 Å². The number of ether oxygens (including phenoxy) is 1. The van der Waals surface area contributed by atoms with Crippen molar-refractivity contribution in [3.05, 3.63) is 58.1 Å². The third kappa shape index (κ3) is 7.26. The molecule has 3 amide bonds. The van der Waals surface area contributed by atoms with Crippen LogP contribution in [0, 0.1) is 5.92 Å². The molecule has 34 heavy (non-hydrogen) atoms. The molecule has 0 atom stereocenters. The number of carbonyl (C=O) groups is 3. The summed E-state index contributed by atoms with van der Waals surface area (Å²) in [6, 6.07) is 11.5. The van der Waals surface area contributed by atoms with Crippen LogP contribution in [0.5, 0.6) is 5.75 Å². The van der Waals surface area contributed by atoms with Gasteiger partial charge in [-0.15, -0.1) is 0 Å². The van der Waals surface area contributed by atoms with E-state index in [0.29, 0.717) is 33.6 Å². The van der Waals surface area contributed by atoms with E-state index >= 15 is 0 Å². The first kappa shape index (κ1) is 25.6. The number of amides is 3. The maximum absolute atomic E-state index is 12.4. The van der Waals surface area contributed by atoms with Crippen LogP contribution in [-0.4, -0.2) is 29.4 Å². The van der Waals surface area contributed by atoms with E-state index in [1.54, 1.807) is 42.5 Å². The maximum Gasteiger partial charge on any atom is 0.269 e. The molecule has 0 unspecified atom stereocenters. The average molecular weight is 547 g/mol. The summed E-state index contributed by atoms with van der Waals surface area (Å²) in [5.41, 5.74) is 6.34. The molecule has 0 saturated heterocycles. The first-order valence-electron chi connectivity index (χ1n) is 11.1. The number of nitrogens with one attached hydrogen (secondary N) is 4. The fourth-order valence-corrected chi connectivity index (χ4v) is 4.26. The molecule has 0 radical (unpaired) electrons. The zero-order valence-corrected chi connectivity index (χ0v) is 21.2. The maximum atomic E-state index is 12.4. The Bertz CT molecular complexity index is 1060. The summed E-state index contributed by atoms with van der Waals surface area (Å²) in [4.78, 5) is 37.1. The van der Waals surface area contributed by atoms with E-state index in [0.717, 1.165) is 25.7 Å². The molecule has 0 aromatic heterocycles. The zero-order chi connectivity index (χ0) is 24.5. The van der Waals surface area contributed by atoms with Crippen molar-refractivity contribution in [3.63, 3.8) is 0 Å². The van der Waals surface area contributed by atoms with E-state index in [1.165, 1.54) is 6.42 Å². The smallest absolute Gasteiger partial charge is 0.269 e. The Labute approximate surface area is 212 Å². The normalized spacial score (nSPS) is 13.5. The third-order valence-corrected chi connectivity index (χ3v) is 6.22. The number of hydrazine groups is 1. The van der Waals surface area contributed by atoms with Crippen molar-refractivity contribution >= 4 is 56.7 Å². The van der Waals surface area contributed by atoms with Crippen molar-refractivity contribution in [2.24, 2.45) is 5.92 Å². The van der Waals surface area contributed by atoms with E-state index in [9.17, 15) is 14.4 Å². The molecule has 0 spiro atoms. The highest BCUT2D eigenvalue weighted by molar-refractivity contribution is 9.10. The number of anilines is 1. The first-order chi connectivity index (χ1) is 16.4. The lowest BCUT2D eigenvalue weighted by Crippen LogP contribution is -2.48. The van der Waals surface area contributed by atoms with Crippen LogP contribution in [0.4, 0.5) is 5.69 Å². The molecule has 4 N–H and O–H groups in total. The molecule has 8 nitrogen and oxygen atoms in total. The van der Waals surface area contributed by atoms with Gasteiger partial charge in [0.15, 0.2) is 5.11 Å². The van der Waals surface area contributed by atoms with Crippen LogP contribution in [0.25, 0.3) is 0 Å². The van der Waals surface area contributed by atoms with E-state index in [4.69, 9.17) is 17.0 Å². The van der Waals surface area contributed by atoms with Crippen LogP contribution in [0.2, 0.25) is 0 Å². The Morgan fingerprint density at radius 1 is 0.971 bits per heavy atom. The van der Waals surface area contributed by atoms with E-state index in [-0.39, 0.29) is 16.9 Å². The Balaban J connectivity index is 1.46. The van der Waals surface area contributed by atoms with Gasteiger partial charge in [-0.2, -0.15) is 0 Å². The van der Waals surface area contributed by atoms with Gasteiger partial charge in [0, 0.05) is 22.7 Å².